The van der Waals surface area contributed by atoms with Gasteiger partial charge in [0, 0.05) is 0 Å². The second-order valence-electron chi connectivity index (χ2n) is 9.19. The van der Waals surface area contributed by atoms with E-state index in [1.807, 2.05) is 0 Å². The monoisotopic (exact) mass is 524 g/mol. The van der Waals surface area contributed by atoms with Crippen molar-refractivity contribution in [1.82, 2.24) is 0 Å². The van der Waals surface area contributed by atoms with Crippen LogP contribution in [0.4, 0.5) is 0 Å². The second-order valence-corrected chi connectivity index (χ2v) is 16.5. The first-order valence-electron chi connectivity index (χ1n) is 11.5. The van der Waals surface area contributed by atoms with E-state index in [1.54, 1.807) is 28.5 Å². The van der Waals surface area contributed by atoms with Crippen LogP contribution in [0.25, 0.3) is 21.5 Å². The molecule has 0 aliphatic rings. The summed E-state index contributed by atoms with van der Waals surface area (Å²) in [6.07, 6.45) is 0. The molecular formula is C31H34SiZr. The average Bonchev–Trinajstić information content (AvgIpc) is 3.30. The molecule has 5 rings (SSSR count). The van der Waals surface area contributed by atoms with Crippen molar-refractivity contribution in [3.8, 4) is 0 Å². The fourth-order valence-electron chi connectivity index (χ4n) is 3.97. The zero-order valence-electron chi connectivity index (χ0n) is 21.0. The Kier molecular flexibility index (Phi) is 8.85. The van der Waals surface area contributed by atoms with E-state index in [0.717, 1.165) is 0 Å². The van der Waals surface area contributed by atoms with Gasteiger partial charge in [-0.15, -0.1) is 69.1 Å². The van der Waals surface area contributed by atoms with E-state index in [2.05, 4.69) is 127 Å². The molecule has 0 atom stereocenters. The molecule has 0 nitrogen and oxygen atoms in total. The van der Waals surface area contributed by atoms with Gasteiger partial charge >= 0.3 is 70.8 Å². The summed E-state index contributed by atoms with van der Waals surface area (Å²) in [7, 11) is 0. The van der Waals surface area contributed by atoms with Crippen LogP contribution in [0.5, 0.6) is 0 Å². The zero-order valence-corrected chi connectivity index (χ0v) is 24.5. The van der Waals surface area contributed by atoms with Crippen molar-refractivity contribution in [3.05, 3.63) is 112 Å². The maximum absolute atomic E-state index is 2.35. The van der Waals surface area contributed by atoms with E-state index in [9.17, 15) is 0 Å². The fraction of sp³-hybridized carbons (Fsp3) is 0.226. The molecule has 0 aromatic heterocycles. The van der Waals surface area contributed by atoms with Gasteiger partial charge in [-0.1, -0.05) is 36.1 Å². The van der Waals surface area contributed by atoms with Crippen molar-refractivity contribution in [2.45, 2.75) is 48.1 Å². The van der Waals surface area contributed by atoms with Crippen molar-refractivity contribution in [1.29, 1.82) is 0 Å². The van der Waals surface area contributed by atoms with E-state index in [4.69, 9.17) is 0 Å². The van der Waals surface area contributed by atoms with Gasteiger partial charge in [0.25, 0.3) is 0 Å². The van der Waals surface area contributed by atoms with Gasteiger partial charge < -0.3 is 0 Å². The molecule has 0 saturated heterocycles. The van der Waals surface area contributed by atoms with Crippen LogP contribution < -0.4 is 5.19 Å². The number of aryl methyl sites for hydroxylation is 6. The van der Waals surface area contributed by atoms with E-state index in [0.29, 0.717) is 0 Å². The molecule has 5 aromatic carbocycles. The molecular weight excluding hydrogens is 492 g/mol. The first-order valence-corrected chi connectivity index (χ1v) is 17.2. The van der Waals surface area contributed by atoms with Crippen LogP contribution in [0.15, 0.2) is 78.9 Å². The van der Waals surface area contributed by atoms with Gasteiger partial charge in [0.2, 0.25) is 0 Å². The van der Waals surface area contributed by atoms with Gasteiger partial charge in [0.1, 0.15) is 0 Å². The van der Waals surface area contributed by atoms with Crippen LogP contribution in [0.1, 0.15) is 33.4 Å². The number of hydrogen-bond acceptors (Lipinski definition) is 0. The third kappa shape index (κ3) is 6.98. The third-order valence-electron chi connectivity index (χ3n) is 6.14. The minimum Gasteiger partial charge on any atom is -0.165 e. The summed E-state index contributed by atoms with van der Waals surface area (Å²) >= 11 is 1.69. The number of benzene rings is 3. The number of fused-ring (bicyclic) bond motifs is 2. The van der Waals surface area contributed by atoms with Crippen LogP contribution in [-0.4, -0.2) is 5.43 Å². The first kappa shape index (κ1) is 25.6. The number of hydrogen-bond donors (Lipinski definition) is 0. The minimum absolute atomic E-state index is 0.122. The summed E-state index contributed by atoms with van der Waals surface area (Å²) in [4.78, 5) is 0. The summed E-state index contributed by atoms with van der Waals surface area (Å²) in [6, 6.07) is 28.8. The summed E-state index contributed by atoms with van der Waals surface area (Å²) < 4.78 is 0. The normalized spacial score (nSPS) is 10.5. The summed E-state index contributed by atoms with van der Waals surface area (Å²) in [5, 5.41) is 7.04. The number of rotatable bonds is 1. The van der Waals surface area contributed by atoms with Gasteiger partial charge in [-0.2, -0.15) is 12.1 Å². The zero-order chi connectivity index (χ0) is 24.1. The Labute approximate surface area is 214 Å². The molecule has 0 aliphatic carbocycles. The maximum Gasteiger partial charge on any atom is -0.0411 e. The Morgan fingerprint density at radius 1 is 0.576 bits per heavy atom. The molecule has 0 spiro atoms. The van der Waals surface area contributed by atoms with E-state index >= 15 is 0 Å². The Balaban J connectivity index is 0.000000141. The van der Waals surface area contributed by atoms with Crippen LogP contribution in [0.2, 0.25) is 6.55 Å². The quantitative estimate of drug-likeness (QED) is 0.153. The van der Waals surface area contributed by atoms with Crippen molar-refractivity contribution < 1.29 is 23.3 Å². The fourth-order valence-corrected chi connectivity index (χ4v) is 5.90. The van der Waals surface area contributed by atoms with E-state index < -0.39 is 0 Å². The third-order valence-corrected chi connectivity index (χ3v) is 9.47. The predicted molar refractivity (Wildman–Crippen MR) is 145 cm³/mol. The molecule has 0 unspecified atom stereocenters. The Hall–Kier alpha value is -2.02. The molecule has 0 fully saturated rings. The average molecular weight is 526 g/mol. The van der Waals surface area contributed by atoms with Gasteiger partial charge in [0.15, 0.2) is 0 Å². The standard InChI is InChI=1S/2C12H13.C7H8Si.Zr/c2*1-8-4-11-6-9(2)10(3)7-12(11)5-8;1-8-7-5-3-2-4-6-7;/h2*4-7H,1-3H3;2-6H,1H3;/q2*-1;;+2. The summed E-state index contributed by atoms with van der Waals surface area (Å²) in [5.74, 6) is 0. The first-order chi connectivity index (χ1) is 15.6. The van der Waals surface area contributed by atoms with Crippen molar-refractivity contribution in [2.24, 2.45) is 0 Å². The Bertz CT molecular complexity index is 1220. The largest absolute Gasteiger partial charge is 0.165 e. The molecule has 2 heteroatoms. The Morgan fingerprint density at radius 3 is 1.33 bits per heavy atom. The maximum atomic E-state index is 2.35. The SMILES string of the molecule is C[Si](=[Zr+2])c1ccccc1.Cc1cc2cc(C)c(C)cc2[cH-]1.Cc1cc2cc(C)c(C)cc2[cH-]1. The van der Waals surface area contributed by atoms with Gasteiger partial charge in [-0.05, 0) is 27.7 Å². The van der Waals surface area contributed by atoms with Crippen molar-refractivity contribution in [3.63, 3.8) is 0 Å². The smallest absolute Gasteiger partial charge is 0.0411 e. The van der Waals surface area contributed by atoms with Gasteiger partial charge in [0.05, 0.1) is 0 Å². The topological polar surface area (TPSA) is 0 Å². The molecule has 0 radical (unpaired) electrons. The molecule has 0 aliphatic heterocycles. The molecule has 33 heavy (non-hydrogen) atoms. The summed E-state index contributed by atoms with van der Waals surface area (Å²) in [5.41, 5.74) is 8.12. The van der Waals surface area contributed by atoms with E-state index in [1.165, 1.54) is 54.9 Å². The van der Waals surface area contributed by atoms with Crippen LogP contribution >= 0.6 is 0 Å². The Morgan fingerprint density at radius 2 is 0.970 bits per heavy atom. The predicted octanol–water partition coefficient (Wildman–Crippen LogP) is 8.03. The minimum atomic E-state index is -0.122. The molecule has 0 bridgehead atoms. The van der Waals surface area contributed by atoms with Gasteiger partial charge in [-0.25, -0.2) is 0 Å². The molecule has 0 heterocycles. The molecule has 0 amide bonds. The molecule has 5 aromatic rings. The van der Waals surface area contributed by atoms with Crippen molar-refractivity contribution >= 4 is 32.2 Å². The van der Waals surface area contributed by atoms with Crippen LogP contribution in [-0.2, 0) is 23.3 Å². The van der Waals surface area contributed by atoms with E-state index in [-0.39, 0.29) is 5.43 Å². The molecule has 0 saturated carbocycles. The van der Waals surface area contributed by atoms with Crippen molar-refractivity contribution in [2.75, 3.05) is 0 Å². The van der Waals surface area contributed by atoms with Gasteiger partial charge in [-0.3, -0.25) is 0 Å². The second kappa shape index (κ2) is 11.4. The van der Waals surface area contributed by atoms with Crippen LogP contribution in [0.3, 0.4) is 0 Å². The summed E-state index contributed by atoms with van der Waals surface area (Å²) in [6.45, 7) is 15.3. The molecule has 166 valence electrons. The van der Waals surface area contributed by atoms with Crippen LogP contribution in [0, 0.1) is 41.5 Å². The molecule has 0 N–H and O–H groups in total.